The second-order valence-electron chi connectivity index (χ2n) is 8.07. The third-order valence-corrected chi connectivity index (χ3v) is 6.26. The lowest BCUT2D eigenvalue weighted by atomic mass is 9.78. The van der Waals surface area contributed by atoms with Gasteiger partial charge in [-0.1, -0.05) is 18.9 Å². The molecule has 29 heavy (non-hydrogen) atoms. The number of carbonyl (C=O) groups is 2. The Morgan fingerprint density at radius 1 is 1.17 bits per heavy atom. The van der Waals surface area contributed by atoms with E-state index >= 15 is 0 Å². The maximum absolute atomic E-state index is 13.4. The van der Waals surface area contributed by atoms with Crippen molar-refractivity contribution in [3.63, 3.8) is 0 Å². The van der Waals surface area contributed by atoms with E-state index in [9.17, 15) is 9.59 Å². The third kappa shape index (κ3) is 5.21. The molecule has 7 heteroatoms. The molecule has 0 aromatic heterocycles. The van der Waals surface area contributed by atoms with Crippen molar-refractivity contribution in [2.24, 2.45) is 11.7 Å². The number of methoxy groups -OCH3 is 2. The van der Waals surface area contributed by atoms with Gasteiger partial charge in [-0.2, -0.15) is 0 Å². The normalized spacial score (nSPS) is 22.5. The van der Waals surface area contributed by atoms with E-state index in [0.717, 1.165) is 24.9 Å². The average Bonchev–Trinajstić information content (AvgIpc) is 2.75. The molecule has 0 bridgehead atoms. The summed E-state index contributed by atoms with van der Waals surface area (Å²) in [7, 11) is 3.20. The number of carbonyl (C=O) groups excluding carboxylic acids is 2. The zero-order valence-electron chi connectivity index (χ0n) is 17.5. The fourth-order valence-electron chi connectivity index (χ4n) is 4.78. The minimum Gasteiger partial charge on any atom is -0.497 e. The van der Waals surface area contributed by atoms with Crippen molar-refractivity contribution < 1.29 is 19.1 Å². The van der Waals surface area contributed by atoms with Crippen molar-refractivity contribution in [1.29, 1.82) is 0 Å². The number of hydrogen-bond acceptors (Lipinski definition) is 5. The minimum absolute atomic E-state index is 0.00659. The van der Waals surface area contributed by atoms with Crippen LogP contribution in [0, 0.1) is 5.92 Å². The van der Waals surface area contributed by atoms with Gasteiger partial charge in [-0.05, 0) is 37.7 Å². The van der Waals surface area contributed by atoms with Crippen LogP contribution in [0.15, 0.2) is 18.2 Å². The number of likely N-dealkylation sites (tertiary alicyclic amines) is 1. The molecule has 1 aromatic rings. The zero-order valence-corrected chi connectivity index (χ0v) is 17.5. The number of nitrogens with two attached hydrogens (primary N) is 1. The molecule has 2 fully saturated rings. The first-order chi connectivity index (χ1) is 14.0. The van der Waals surface area contributed by atoms with Crippen LogP contribution >= 0.6 is 0 Å². The molecule has 1 aromatic carbocycles. The number of rotatable bonds is 8. The predicted octanol–water partition coefficient (Wildman–Crippen LogP) is 2.22. The van der Waals surface area contributed by atoms with Crippen LogP contribution in [0.3, 0.4) is 0 Å². The number of fused-ring (bicyclic) bond motifs is 1. The van der Waals surface area contributed by atoms with Gasteiger partial charge in [-0.3, -0.25) is 9.59 Å². The maximum Gasteiger partial charge on any atom is 0.240 e. The molecule has 3 N–H and O–H groups in total. The van der Waals surface area contributed by atoms with E-state index in [1.54, 1.807) is 20.3 Å². The lowest BCUT2D eigenvalue weighted by Crippen LogP contribution is -2.56. The van der Waals surface area contributed by atoms with Crippen LogP contribution in [0.4, 0.5) is 0 Å². The lowest BCUT2D eigenvalue weighted by molar-refractivity contribution is -0.141. The van der Waals surface area contributed by atoms with Gasteiger partial charge < -0.3 is 25.4 Å². The first-order valence-corrected chi connectivity index (χ1v) is 10.6. The number of benzene rings is 1. The first-order valence-electron chi connectivity index (χ1n) is 10.6. The molecule has 1 heterocycles. The summed E-state index contributed by atoms with van der Waals surface area (Å²) < 4.78 is 10.7. The summed E-state index contributed by atoms with van der Waals surface area (Å²) in [6.45, 7) is 1.17. The van der Waals surface area contributed by atoms with Crippen molar-refractivity contribution in [2.45, 2.75) is 63.6 Å². The summed E-state index contributed by atoms with van der Waals surface area (Å²) in [5.74, 6) is 1.49. The van der Waals surface area contributed by atoms with Crippen molar-refractivity contribution in [3.8, 4) is 11.5 Å². The second-order valence-corrected chi connectivity index (χ2v) is 8.07. The summed E-state index contributed by atoms with van der Waals surface area (Å²) in [6.07, 6.45) is 6.90. The molecule has 0 unspecified atom stereocenters. The Balaban J connectivity index is 1.72. The average molecular weight is 404 g/mol. The number of primary amides is 1. The fourth-order valence-corrected chi connectivity index (χ4v) is 4.78. The Kier molecular flexibility index (Phi) is 7.36. The Bertz CT molecular complexity index is 722. The highest BCUT2D eigenvalue weighted by atomic mass is 16.5. The van der Waals surface area contributed by atoms with Crippen molar-refractivity contribution in [1.82, 2.24) is 10.2 Å². The van der Waals surface area contributed by atoms with E-state index in [-0.39, 0.29) is 12.3 Å². The Labute approximate surface area is 172 Å². The van der Waals surface area contributed by atoms with Crippen LogP contribution in [0.5, 0.6) is 11.5 Å². The summed E-state index contributed by atoms with van der Waals surface area (Å²) in [6, 6.07) is 5.23. The van der Waals surface area contributed by atoms with E-state index in [0.29, 0.717) is 30.0 Å². The van der Waals surface area contributed by atoms with Gasteiger partial charge in [-0.15, -0.1) is 0 Å². The number of piperidine rings is 1. The highest BCUT2D eigenvalue weighted by molar-refractivity contribution is 5.88. The van der Waals surface area contributed by atoms with E-state index in [2.05, 4.69) is 5.32 Å². The van der Waals surface area contributed by atoms with Crippen LogP contribution in [0.1, 0.15) is 50.5 Å². The number of nitrogens with zero attached hydrogens (tertiary/aromatic N) is 1. The lowest BCUT2D eigenvalue weighted by Gasteiger charge is -2.45. The molecule has 1 aliphatic heterocycles. The molecular weight excluding hydrogens is 370 g/mol. The summed E-state index contributed by atoms with van der Waals surface area (Å²) in [5, 5.41) is 3.26. The van der Waals surface area contributed by atoms with Gasteiger partial charge in [0.1, 0.15) is 11.5 Å². The molecule has 3 atom stereocenters. The highest BCUT2D eigenvalue weighted by Gasteiger charge is 2.38. The third-order valence-electron chi connectivity index (χ3n) is 6.26. The molecular formula is C22H33N3O4. The highest BCUT2D eigenvalue weighted by Crippen LogP contribution is 2.35. The summed E-state index contributed by atoms with van der Waals surface area (Å²) in [4.78, 5) is 27.1. The molecule has 3 rings (SSSR count). The van der Waals surface area contributed by atoms with Crippen LogP contribution in [-0.2, 0) is 16.1 Å². The SMILES string of the molecule is COc1ccc(CN[C@H](CC(N)=O)C(=O)N2CCC[C@H]3CCCC[C@@H]32)c(OC)c1. The molecule has 0 spiro atoms. The van der Waals surface area contributed by atoms with E-state index in [1.807, 2.05) is 17.0 Å². The van der Waals surface area contributed by atoms with Gasteiger partial charge in [0.25, 0.3) is 0 Å². The van der Waals surface area contributed by atoms with Gasteiger partial charge in [0.05, 0.1) is 26.7 Å². The van der Waals surface area contributed by atoms with Gasteiger partial charge in [0.15, 0.2) is 0 Å². The zero-order chi connectivity index (χ0) is 20.8. The van der Waals surface area contributed by atoms with Gasteiger partial charge in [0.2, 0.25) is 11.8 Å². The van der Waals surface area contributed by atoms with E-state index in [4.69, 9.17) is 15.2 Å². The van der Waals surface area contributed by atoms with Gasteiger partial charge >= 0.3 is 0 Å². The van der Waals surface area contributed by atoms with Crippen molar-refractivity contribution in [3.05, 3.63) is 23.8 Å². The number of ether oxygens (including phenoxy) is 2. The first kappa shape index (κ1) is 21.4. The smallest absolute Gasteiger partial charge is 0.240 e. The maximum atomic E-state index is 13.4. The summed E-state index contributed by atoms with van der Waals surface area (Å²) >= 11 is 0. The Morgan fingerprint density at radius 3 is 2.66 bits per heavy atom. The largest absolute Gasteiger partial charge is 0.497 e. The van der Waals surface area contributed by atoms with Gasteiger partial charge in [0, 0.05) is 30.8 Å². The monoisotopic (exact) mass is 403 g/mol. The predicted molar refractivity (Wildman–Crippen MR) is 111 cm³/mol. The van der Waals surface area contributed by atoms with Crippen molar-refractivity contribution in [2.75, 3.05) is 20.8 Å². The second kappa shape index (κ2) is 9.96. The molecule has 0 radical (unpaired) electrons. The Morgan fingerprint density at radius 2 is 1.93 bits per heavy atom. The van der Waals surface area contributed by atoms with Crippen LogP contribution in [0.2, 0.25) is 0 Å². The number of amides is 2. The van der Waals surface area contributed by atoms with Crippen LogP contribution in [-0.4, -0.2) is 49.6 Å². The molecule has 2 aliphatic rings. The molecule has 1 aliphatic carbocycles. The topological polar surface area (TPSA) is 93.9 Å². The molecule has 1 saturated heterocycles. The molecule has 7 nitrogen and oxygen atoms in total. The van der Waals surface area contributed by atoms with Crippen LogP contribution < -0.4 is 20.5 Å². The van der Waals surface area contributed by atoms with Crippen molar-refractivity contribution >= 4 is 11.8 Å². The van der Waals surface area contributed by atoms with Crippen LogP contribution in [0.25, 0.3) is 0 Å². The number of nitrogens with one attached hydrogen (secondary N) is 1. The standard InChI is InChI=1S/C22H33N3O4/c1-28-17-10-9-16(20(12-17)29-2)14-24-18(13-21(23)26)22(27)25-11-5-7-15-6-3-4-8-19(15)25/h9-10,12,15,18-19,24H,3-8,11,13-14H2,1-2H3,(H2,23,26)/t15-,18-,19+/m1/s1. The molecule has 2 amide bonds. The minimum atomic E-state index is -0.625. The fraction of sp³-hybridized carbons (Fsp3) is 0.636. The number of hydrogen-bond donors (Lipinski definition) is 2. The van der Waals surface area contributed by atoms with E-state index < -0.39 is 11.9 Å². The molecule has 160 valence electrons. The Hall–Kier alpha value is -2.28. The quantitative estimate of drug-likeness (QED) is 0.694. The summed E-state index contributed by atoms with van der Waals surface area (Å²) in [5.41, 5.74) is 6.36. The van der Waals surface area contributed by atoms with E-state index in [1.165, 1.54) is 25.7 Å². The molecule has 1 saturated carbocycles. The van der Waals surface area contributed by atoms with Gasteiger partial charge in [-0.25, -0.2) is 0 Å².